The van der Waals surface area contributed by atoms with Crippen molar-refractivity contribution in [1.82, 2.24) is 0 Å². The fourth-order valence-corrected chi connectivity index (χ4v) is 3.35. The highest BCUT2D eigenvalue weighted by Crippen LogP contribution is 2.35. The summed E-state index contributed by atoms with van der Waals surface area (Å²) in [4.78, 5) is 24.8. The first-order valence-electron chi connectivity index (χ1n) is 6.88. The maximum atomic E-state index is 12.8. The number of ether oxygens (including phenoxy) is 1. The number of carbonyl (C=O) groups is 2. The van der Waals surface area contributed by atoms with Crippen molar-refractivity contribution < 1.29 is 26.6 Å². The number of rotatable bonds is 5. The smallest absolute Gasteiger partial charge is 0.302 e. The molecule has 23 heavy (non-hydrogen) atoms. The predicted molar refractivity (Wildman–Crippen MR) is 82.7 cm³/mol. The van der Waals surface area contributed by atoms with Crippen LogP contribution in [0.5, 0.6) is 5.75 Å². The second-order valence-electron chi connectivity index (χ2n) is 5.34. The van der Waals surface area contributed by atoms with Gasteiger partial charge >= 0.3 is 10.2 Å². The van der Waals surface area contributed by atoms with Gasteiger partial charge in [-0.2, -0.15) is 8.42 Å². The fourth-order valence-electron chi connectivity index (χ4n) is 2.56. The van der Waals surface area contributed by atoms with Gasteiger partial charge in [-0.1, -0.05) is 0 Å². The van der Waals surface area contributed by atoms with E-state index in [2.05, 4.69) is 5.32 Å². The Labute approximate surface area is 133 Å². The van der Waals surface area contributed by atoms with Gasteiger partial charge in [0.1, 0.15) is 5.75 Å². The van der Waals surface area contributed by atoms with E-state index in [4.69, 9.17) is 4.74 Å². The van der Waals surface area contributed by atoms with Crippen LogP contribution in [0.1, 0.15) is 13.3 Å². The Kier molecular flexibility index (Phi) is 4.88. The standard InChI is InChI=1S/C14H17FN2O5S/c1-9(18)16-12-4-3-11(22-2)6-13(12)17-7-10(5-14(17)19)8-23(15,20)21/h3-4,6,10H,5,7-8H2,1-2H3,(H,16,18). The number of methoxy groups -OCH3 is 1. The first-order chi connectivity index (χ1) is 10.7. The maximum absolute atomic E-state index is 12.8. The van der Waals surface area contributed by atoms with Crippen LogP contribution in [-0.2, 0) is 19.8 Å². The molecule has 0 saturated carbocycles. The molecule has 0 spiro atoms. The lowest BCUT2D eigenvalue weighted by molar-refractivity contribution is -0.117. The Balaban J connectivity index is 2.32. The Morgan fingerprint density at radius 2 is 2.17 bits per heavy atom. The third-order valence-electron chi connectivity index (χ3n) is 3.45. The number of amides is 2. The van der Waals surface area contributed by atoms with E-state index in [0.29, 0.717) is 17.1 Å². The summed E-state index contributed by atoms with van der Waals surface area (Å²) in [6.45, 7) is 1.39. The minimum Gasteiger partial charge on any atom is -0.497 e. The Hall–Kier alpha value is -2.16. The topological polar surface area (TPSA) is 92.8 Å². The van der Waals surface area contributed by atoms with Gasteiger partial charge in [-0.25, -0.2) is 0 Å². The summed E-state index contributed by atoms with van der Waals surface area (Å²) in [5, 5.41) is 2.60. The van der Waals surface area contributed by atoms with E-state index in [9.17, 15) is 21.9 Å². The van der Waals surface area contributed by atoms with Crippen LogP contribution < -0.4 is 15.0 Å². The molecule has 0 aromatic heterocycles. The summed E-state index contributed by atoms with van der Waals surface area (Å²) in [5.41, 5.74) is 0.790. The van der Waals surface area contributed by atoms with E-state index in [1.807, 2.05) is 0 Å². The van der Waals surface area contributed by atoms with Crippen molar-refractivity contribution >= 4 is 33.4 Å². The van der Waals surface area contributed by atoms with Crippen molar-refractivity contribution in [3.05, 3.63) is 18.2 Å². The normalized spacial score (nSPS) is 18.1. The molecule has 1 unspecified atom stereocenters. The van der Waals surface area contributed by atoms with Gasteiger partial charge in [0.15, 0.2) is 0 Å². The van der Waals surface area contributed by atoms with Crippen molar-refractivity contribution in [2.75, 3.05) is 29.6 Å². The van der Waals surface area contributed by atoms with Crippen LogP contribution in [0.3, 0.4) is 0 Å². The zero-order valence-electron chi connectivity index (χ0n) is 12.7. The van der Waals surface area contributed by atoms with Gasteiger partial charge < -0.3 is 15.0 Å². The first-order valence-corrected chi connectivity index (χ1v) is 8.43. The van der Waals surface area contributed by atoms with Gasteiger partial charge in [0.25, 0.3) is 0 Å². The lowest BCUT2D eigenvalue weighted by atomic mass is 10.1. The summed E-state index contributed by atoms with van der Waals surface area (Å²) >= 11 is 0. The van der Waals surface area contributed by atoms with Gasteiger partial charge in [-0.15, -0.1) is 3.89 Å². The Morgan fingerprint density at radius 1 is 1.48 bits per heavy atom. The molecule has 1 N–H and O–H groups in total. The average molecular weight is 344 g/mol. The molecule has 0 aliphatic carbocycles. The van der Waals surface area contributed by atoms with Crippen LogP contribution in [0.2, 0.25) is 0 Å². The van der Waals surface area contributed by atoms with Crippen LogP contribution in [0.15, 0.2) is 18.2 Å². The van der Waals surface area contributed by atoms with E-state index in [1.54, 1.807) is 18.2 Å². The Morgan fingerprint density at radius 3 is 2.74 bits per heavy atom. The molecule has 2 amide bonds. The minimum atomic E-state index is -4.65. The number of hydrogen-bond donors (Lipinski definition) is 1. The highest BCUT2D eigenvalue weighted by molar-refractivity contribution is 7.86. The molecular weight excluding hydrogens is 327 g/mol. The van der Waals surface area contributed by atoms with Crippen LogP contribution >= 0.6 is 0 Å². The second-order valence-corrected chi connectivity index (χ2v) is 6.76. The van der Waals surface area contributed by atoms with Crippen LogP contribution in [-0.4, -0.2) is 39.6 Å². The molecule has 1 atom stereocenters. The minimum absolute atomic E-state index is 0.0573. The van der Waals surface area contributed by atoms with Gasteiger partial charge in [0.05, 0.1) is 24.2 Å². The number of halogens is 1. The van der Waals surface area contributed by atoms with Crippen LogP contribution in [0.25, 0.3) is 0 Å². The molecule has 1 saturated heterocycles. The third kappa shape index (κ3) is 4.41. The highest BCUT2D eigenvalue weighted by Gasteiger charge is 2.34. The van der Waals surface area contributed by atoms with Crippen molar-refractivity contribution in [3.63, 3.8) is 0 Å². The molecule has 9 heteroatoms. The lowest BCUT2D eigenvalue weighted by Crippen LogP contribution is -2.26. The quantitative estimate of drug-likeness (QED) is 0.813. The lowest BCUT2D eigenvalue weighted by Gasteiger charge is -2.21. The predicted octanol–water partition coefficient (Wildman–Crippen LogP) is 1.31. The molecule has 1 aliphatic rings. The summed E-state index contributed by atoms with van der Waals surface area (Å²) < 4.78 is 39.5. The monoisotopic (exact) mass is 344 g/mol. The molecule has 1 heterocycles. The molecule has 1 fully saturated rings. The van der Waals surface area contributed by atoms with E-state index < -0.39 is 21.9 Å². The highest BCUT2D eigenvalue weighted by atomic mass is 32.3. The van der Waals surface area contributed by atoms with Crippen LogP contribution in [0.4, 0.5) is 15.3 Å². The molecule has 7 nitrogen and oxygen atoms in total. The van der Waals surface area contributed by atoms with E-state index >= 15 is 0 Å². The third-order valence-corrected chi connectivity index (χ3v) is 4.32. The molecule has 0 bridgehead atoms. The van der Waals surface area contributed by atoms with Crippen molar-refractivity contribution in [2.24, 2.45) is 5.92 Å². The summed E-state index contributed by atoms with van der Waals surface area (Å²) in [6.07, 6.45) is -0.0696. The zero-order valence-corrected chi connectivity index (χ0v) is 13.5. The number of benzene rings is 1. The van der Waals surface area contributed by atoms with Crippen molar-refractivity contribution in [2.45, 2.75) is 13.3 Å². The molecule has 1 aliphatic heterocycles. The summed E-state index contributed by atoms with van der Waals surface area (Å²) in [6, 6.07) is 4.77. The van der Waals surface area contributed by atoms with E-state index in [-0.39, 0.29) is 24.8 Å². The van der Waals surface area contributed by atoms with E-state index in [0.717, 1.165) is 0 Å². The zero-order chi connectivity index (χ0) is 17.2. The molecule has 1 aromatic carbocycles. The number of anilines is 2. The van der Waals surface area contributed by atoms with Gasteiger partial charge in [0, 0.05) is 31.9 Å². The van der Waals surface area contributed by atoms with E-state index in [1.165, 1.54) is 18.9 Å². The van der Waals surface area contributed by atoms with Crippen LogP contribution in [0, 0.1) is 5.92 Å². The molecule has 0 radical (unpaired) electrons. The number of carbonyl (C=O) groups excluding carboxylic acids is 2. The molecule has 1 aromatic rings. The first kappa shape index (κ1) is 17.2. The largest absolute Gasteiger partial charge is 0.497 e. The summed E-state index contributed by atoms with van der Waals surface area (Å²) in [7, 11) is -3.19. The molecule has 2 rings (SSSR count). The Bertz CT molecular complexity index is 735. The average Bonchev–Trinajstić information content (AvgIpc) is 2.77. The number of nitrogens with one attached hydrogen (secondary N) is 1. The van der Waals surface area contributed by atoms with Gasteiger partial charge in [-0.3, -0.25) is 9.59 Å². The van der Waals surface area contributed by atoms with Crippen molar-refractivity contribution in [3.8, 4) is 5.75 Å². The second kappa shape index (κ2) is 6.53. The SMILES string of the molecule is COc1ccc(NC(C)=O)c(N2CC(CS(=O)(=O)F)CC2=O)c1. The molecule has 126 valence electrons. The molecular formula is C14H17FN2O5S. The summed E-state index contributed by atoms with van der Waals surface area (Å²) in [5.74, 6) is -1.50. The van der Waals surface area contributed by atoms with Gasteiger partial charge in [0.2, 0.25) is 11.8 Å². The fraction of sp³-hybridized carbons (Fsp3) is 0.429. The number of hydrogen-bond acceptors (Lipinski definition) is 5. The van der Waals surface area contributed by atoms with Crippen molar-refractivity contribution in [1.29, 1.82) is 0 Å². The number of nitrogens with zero attached hydrogens (tertiary/aromatic N) is 1. The maximum Gasteiger partial charge on any atom is 0.302 e. The van der Waals surface area contributed by atoms with Gasteiger partial charge in [-0.05, 0) is 12.1 Å².